The normalized spacial score (nSPS) is 10.7. The maximum absolute atomic E-state index is 6.18. The topological polar surface area (TPSA) is 42.7 Å². The smallest absolute Gasteiger partial charge is 0.0853 e. The van der Waals surface area contributed by atoms with E-state index in [1.807, 2.05) is 32.2 Å². The van der Waals surface area contributed by atoms with Gasteiger partial charge in [0.25, 0.3) is 0 Å². The minimum absolute atomic E-state index is 0.683. The monoisotopic (exact) mass is 236 g/mol. The Morgan fingerprint density at radius 3 is 2.94 bits per heavy atom. The molecular formula is C11H13ClN4. The Bertz CT molecular complexity index is 492. The largest absolute Gasteiger partial charge is 0.314 e. The number of hydrogen-bond donors (Lipinski definition) is 1. The van der Waals surface area contributed by atoms with Crippen molar-refractivity contribution in [3.8, 4) is 5.69 Å². The van der Waals surface area contributed by atoms with Gasteiger partial charge in [0.05, 0.1) is 22.6 Å². The molecular weight excluding hydrogens is 224 g/mol. The molecule has 84 valence electrons. The molecule has 1 aromatic carbocycles. The van der Waals surface area contributed by atoms with E-state index in [0.29, 0.717) is 11.6 Å². The Morgan fingerprint density at radius 2 is 2.25 bits per heavy atom. The van der Waals surface area contributed by atoms with Gasteiger partial charge in [0.1, 0.15) is 0 Å². The average Bonchev–Trinajstić information content (AvgIpc) is 2.67. The summed E-state index contributed by atoms with van der Waals surface area (Å²) in [5.41, 5.74) is 2.97. The van der Waals surface area contributed by atoms with Crippen molar-refractivity contribution in [1.82, 2.24) is 20.3 Å². The average molecular weight is 237 g/mol. The molecule has 0 unspecified atom stereocenters. The molecule has 1 heterocycles. The third kappa shape index (κ3) is 2.08. The zero-order valence-corrected chi connectivity index (χ0v) is 9.99. The highest BCUT2D eigenvalue weighted by Gasteiger charge is 2.08. The van der Waals surface area contributed by atoms with Gasteiger partial charge in [-0.25, -0.2) is 4.68 Å². The van der Waals surface area contributed by atoms with E-state index in [2.05, 4.69) is 15.6 Å². The van der Waals surface area contributed by atoms with E-state index >= 15 is 0 Å². The van der Waals surface area contributed by atoms with E-state index < -0.39 is 0 Å². The first-order valence-corrected chi connectivity index (χ1v) is 5.41. The molecule has 5 heteroatoms. The van der Waals surface area contributed by atoms with Crippen LogP contribution in [0.15, 0.2) is 24.4 Å². The molecule has 16 heavy (non-hydrogen) atoms. The molecule has 0 aliphatic heterocycles. The Balaban J connectivity index is 2.46. The van der Waals surface area contributed by atoms with Crippen LogP contribution in [0.5, 0.6) is 0 Å². The van der Waals surface area contributed by atoms with Crippen LogP contribution in [-0.2, 0) is 6.54 Å². The first-order valence-electron chi connectivity index (χ1n) is 5.03. The molecule has 1 aromatic heterocycles. The quantitative estimate of drug-likeness (QED) is 0.886. The van der Waals surface area contributed by atoms with E-state index in [1.54, 1.807) is 10.9 Å². The zero-order valence-electron chi connectivity index (χ0n) is 9.24. The molecule has 1 N–H and O–H groups in total. The molecule has 0 atom stereocenters. The molecule has 2 aromatic rings. The maximum atomic E-state index is 6.18. The zero-order chi connectivity index (χ0) is 11.5. The Hall–Kier alpha value is -1.39. The summed E-state index contributed by atoms with van der Waals surface area (Å²) in [6.07, 6.45) is 1.73. The van der Waals surface area contributed by atoms with E-state index in [-0.39, 0.29) is 0 Å². The van der Waals surface area contributed by atoms with Crippen LogP contribution in [-0.4, -0.2) is 22.0 Å². The summed E-state index contributed by atoms with van der Waals surface area (Å²) in [6.45, 7) is 2.71. The Kier molecular flexibility index (Phi) is 3.22. The van der Waals surface area contributed by atoms with Gasteiger partial charge >= 0.3 is 0 Å². The van der Waals surface area contributed by atoms with Crippen LogP contribution in [0.3, 0.4) is 0 Å². The van der Waals surface area contributed by atoms with E-state index in [4.69, 9.17) is 11.6 Å². The standard InChI is InChI=1S/C11H13ClN4/c1-8-3-4-11(10(12)5-8)16-9(6-13-2)7-14-15-16/h3-5,7,13H,6H2,1-2H3. The molecule has 0 fully saturated rings. The van der Waals surface area contributed by atoms with Crippen molar-refractivity contribution in [2.45, 2.75) is 13.5 Å². The van der Waals surface area contributed by atoms with Crippen molar-refractivity contribution >= 4 is 11.6 Å². The third-order valence-electron chi connectivity index (χ3n) is 2.31. The van der Waals surface area contributed by atoms with Gasteiger partial charge in [-0.1, -0.05) is 22.9 Å². The Labute approximate surface area is 99.2 Å². The van der Waals surface area contributed by atoms with Crippen molar-refractivity contribution in [2.24, 2.45) is 0 Å². The number of nitrogens with zero attached hydrogens (tertiary/aromatic N) is 3. The minimum Gasteiger partial charge on any atom is -0.314 e. The first-order chi connectivity index (χ1) is 7.72. The molecule has 0 amide bonds. The van der Waals surface area contributed by atoms with Gasteiger partial charge in [-0.3, -0.25) is 0 Å². The number of aryl methyl sites for hydroxylation is 1. The summed E-state index contributed by atoms with van der Waals surface area (Å²) in [6, 6.07) is 5.87. The second-order valence-electron chi connectivity index (χ2n) is 3.62. The summed E-state index contributed by atoms with van der Waals surface area (Å²) in [5, 5.41) is 11.7. The number of hydrogen-bond acceptors (Lipinski definition) is 3. The van der Waals surface area contributed by atoms with E-state index in [0.717, 1.165) is 16.9 Å². The van der Waals surface area contributed by atoms with Gasteiger partial charge in [0, 0.05) is 6.54 Å². The number of rotatable bonds is 3. The van der Waals surface area contributed by atoms with Crippen LogP contribution in [0.1, 0.15) is 11.3 Å². The molecule has 0 aliphatic rings. The highest BCUT2D eigenvalue weighted by atomic mass is 35.5. The molecule has 2 rings (SSSR count). The summed E-state index contributed by atoms with van der Waals surface area (Å²) in [4.78, 5) is 0. The SMILES string of the molecule is CNCc1cnnn1-c1ccc(C)cc1Cl. The van der Waals surface area contributed by atoms with Crippen LogP contribution in [0.25, 0.3) is 5.69 Å². The van der Waals surface area contributed by atoms with Gasteiger partial charge in [-0.15, -0.1) is 5.10 Å². The van der Waals surface area contributed by atoms with Crippen LogP contribution < -0.4 is 5.32 Å². The summed E-state index contributed by atoms with van der Waals surface area (Å²) in [7, 11) is 1.88. The van der Waals surface area contributed by atoms with E-state index in [1.165, 1.54) is 0 Å². The first kappa shape index (κ1) is 11.1. The van der Waals surface area contributed by atoms with Crippen molar-refractivity contribution in [3.05, 3.63) is 40.7 Å². The van der Waals surface area contributed by atoms with Gasteiger partial charge in [0.2, 0.25) is 0 Å². The minimum atomic E-state index is 0.683. The van der Waals surface area contributed by atoms with Crippen molar-refractivity contribution < 1.29 is 0 Å². The number of aromatic nitrogens is 3. The summed E-state index contributed by atoms with van der Waals surface area (Å²) >= 11 is 6.18. The number of halogens is 1. The van der Waals surface area contributed by atoms with Gasteiger partial charge < -0.3 is 5.32 Å². The third-order valence-corrected chi connectivity index (χ3v) is 2.61. The highest BCUT2D eigenvalue weighted by molar-refractivity contribution is 6.32. The lowest BCUT2D eigenvalue weighted by Crippen LogP contribution is -2.11. The van der Waals surface area contributed by atoms with Crippen molar-refractivity contribution in [2.75, 3.05) is 7.05 Å². The summed E-state index contributed by atoms with van der Waals surface area (Å²) in [5.74, 6) is 0. The second kappa shape index (κ2) is 4.63. The molecule has 0 radical (unpaired) electrons. The van der Waals surface area contributed by atoms with Gasteiger partial charge in [0.15, 0.2) is 0 Å². The lowest BCUT2D eigenvalue weighted by atomic mass is 10.2. The molecule has 0 saturated heterocycles. The van der Waals surface area contributed by atoms with Crippen molar-refractivity contribution in [1.29, 1.82) is 0 Å². The fourth-order valence-corrected chi connectivity index (χ4v) is 1.86. The van der Waals surface area contributed by atoms with Crippen LogP contribution in [0, 0.1) is 6.92 Å². The lowest BCUT2D eigenvalue weighted by Gasteiger charge is -2.08. The van der Waals surface area contributed by atoms with Crippen LogP contribution >= 0.6 is 11.6 Å². The molecule has 0 spiro atoms. The second-order valence-corrected chi connectivity index (χ2v) is 4.03. The summed E-state index contributed by atoms with van der Waals surface area (Å²) < 4.78 is 1.75. The predicted octanol–water partition coefficient (Wildman–Crippen LogP) is 1.95. The van der Waals surface area contributed by atoms with Gasteiger partial charge in [-0.05, 0) is 31.7 Å². The van der Waals surface area contributed by atoms with Crippen LogP contribution in [0.4, 0.5) is 0 Å². The highest BCUT2D eigenvalue weighted by Crippen LogP contribution is 2.21. The maximum Gasteiger partial charge on any atom is 0.0853 e. The molecule has 0 bridgehead atoms. The molecule has 4 nitrogen and oxygen atoms in total. The predicted molar refractivity (Wildman–Crippen MR) is 63.9 cm³/mol. The van der Waals surface area contributed by atoms with Gasteiger partial charge in [-0.2, -0.15) is 0 Å². The molecule has 0 aliphatic carbocycles. The van der Waals surface area contributed by atoms with E-state index in [9.17, 15) is 0 Å². The number of benzene rings is 1. The van der Waals surface area contributed by atoms with Crippen LogP contribution in [0.2, 0.25) is 5.02 Å². The lowest BCUT2D eigenvalue weighted by molar-refractivity contribution is 0.714. The fraction of sp³-hybridized carbons (Fsp3) is 0.273. The molecule has 0 saturated carbocycles. The fourth-order valence-electron chi connectivity index (χ4n) is 1.54. The Morgan fingerprint density at radius 1 is 1.44 bits per heavy atom. The number of nitrogens with one attached hydrogen (secondary N) is 1. The van der Waals surface area contributed by atoms with Crippen molar-refractivity contribution in [3.63, 3.8) is 0 Å².